The van der Waals surface area contributed by atoms with E-state index in [2.05, 4.69) is 23.9 Å². The molecule has 1 unspecified atom stereocenters. The van der Waals surface area contributed by atoms with Crippen LogP contribution in [0.5, 0.6) is 5.88 Å². The lowest BCUT2D eigenvalue weighted by Crippen LogP contribution is -2.09. The van der Waals surface area contributed by atoms with Crippen LogP contribution in [-0.4, -0.2) is 32.5 Å². The van der Waals surface area contributed by atoms with E-state index < -0.39 is 11.1 Å². The molecule has 0 spiro atoms. The number of hydrogen-bond acceptors (Lipinski definition) is 4. The maximum absolute atomic E-state index is 10.9. The third-order valence-corrected chi connectivity index (χ3v) is 4.80. The molecule has 0 saturated heterocycles. The number of carbonyl (C=O) groups is 1. The van der Waals surface area contributed by atoms with Gasteiger partial charge in [0.25, 0.3) is 0 Å². The number of aromatic nitrogens is 2. The van der Waals surface area contributed by atoms with E-state index in [-0.39, 0.29) is 5.97 Å². The van der Waals surface area contributed by atoms with Crippen molar-refractivity contribution in [1.29, 1.82) is 0 Å². The fourth-order valence-electron chi connectivity index (χ4n) is 1.87. The summed E-state index contributed by atoms with van der Waals surface area (Å²) < 4.78 is 6.89. The Bertz CT molecular complexity index is 468. The topological polar surface area (TPSA) is 56.5 Å². The molecule has 1 aromatic heterocycles. The highest BCUT2D eigenvalue weighted by atomic mass is 32.2. The number of carbonyl (C=O) groups excluding carboxylic acids is 1. The van der Waals surface area contributed by atoms with E-state index in [1.165, 1.54) is 12.0 Å². The van der Waals surface area contributed by atoms with Crippen molar-refractivity contribution in [2.75, 3.05) is 12.3 Å². The van der Waals surface area contributed by atoms with Crippen LogP contribution in [0.4, 0.5) is 0 Å². The van der Waals surface area contributed by atoms with Crippen LogP contribution in [0.15, 0.2) is 17.3 Å². The zero-order valence-corrected chi connectivity index (χ0v) is 11.9. The number of nitrogens with zero attached hydrogens (tertiary/aromatic N) is 3. The van der Waals surface area contributed by atoms with Crippen LogP contribution < -0.4 is 4.74 Å². The summed E-state index contributed by atoms with van der Waals surface area (Å²) in [6, 6.07) is 1.73. The van der Waals surface area contributed by atoms with E-state index in [1.807, 2.05) is 10.3 Å². The van der Waals surface area contributed by atoms with E-state index in [4.69, 9.17) is 4.74 Å². The van der Waals surface area contributed by atoms with Crippen molar-refractivity contribution in [2.45, 2.75) is 27.2 Å². The number of thiol groups is 1. The lowest BCUT2D eigenvalue weighted by molar-refractivity contribution is -0.132. The Balaban J connectivity index is 2.09. The molecule has 0 radical (unpaired) electrons. The van der Waals surface area contributed by atoms with Crippen molar-refractivity contribution >= 4 is 22.1 Å². The highest BCUT2D eigenvalue weighted by molar-refractivity contribution is 8.29. The Labute approximate surface area is 110 Å². The van der Waals surface area contributed by atoms with E-state index in [9.17, 15) is 4.79 Å². The van der Waals surface area contributed by atoms with Crippen LogP contribution in [0.3, 0.4) is 0 Å². The van der Waals surface area contributed by atoms with Gasteiger partial charge in [-0.15, -0.1) is 16.2 Å². The molecule has 1 atom stereocenters. The summed E-state index contributed by atoms with van der Waals surface area (Å²) in [5.74, 6) is 1.69. The fraction of sp³-hybridized carbons (Fsp3) is 0.583. The average molecular weight is 269 g/mol. The highest BCUT2D eigenvalue weighted by Gasteiger charge is 2.20. The molecular formula is C12H19N3O2S. The molecule has 0 saturated carbocycles. The molecule has 0 amide bonds. The van der Waals surface area contributed by atoms with Gasteiger partial charge >= 0.3 is 5.97 Å². The third kappa shape index (κ3) is 3.13. The standard InChI is InChI=1S/C12H19N3O2S/c1-9(2)8-12-13-5-7-18(12)15-6-4-11(14-15)17-10(3)16/h4,6,9,18H,5,7-8H2,1-3H3. The Morgan fingerprint density at radius 2 is 2.39 bits per heavy atom. The number of ether oxygens (including phenoxy) is 1. The minimum absolute atomic E-state index is 0.337. The molecule has 18 heavy (non-hydrogen) atoms. The molecule has 0 aliphatic carbocycles. The van der Waals surface area contributed by atoms with Gasteiger partial charge in [-0.25, -0.2) is 4.09 Å². The maximum Gasteiger partial charge on any atom is 0.309 e. The van der Waals surface area contributed by atoms with E-state index in [0.717, 1.165) is 18.7 Å². The summed E-state index contributed by atoms with van der Waals surface area (Å²) in [7, 11) is 0. The number of esters is 1. The summed E-state index contributed by atoms with van der Waals surface area (Å²) in [4.78, 5) is 15.4. The van der Waals surface area contributed by atoms with E-state index in [0.29, 0.717) is 11.8 Å². The molecule has 6 heteroatoms. The van der Waals surface area contributed by atoms with E-state index >= 15 is 0 Å². The lowest BCUT2D eigenvalue weighted by atomic mass is 10.1. The first-order valence-electron chi connectivity index (χ1n) is 6.11. The molecule has 100 valence electrons. The third-order valence-electron chi connectivity index (χ3n) is 2.54. The van der Waals surface area contributed by atoms with Crippen LogP contribution in [0, 0.1) is 5.92 Å². The van der Waals surface area contributed by atoms with Crippen LogP contribution in [0.2, 0.25) is 0 Å². The normalized spacial score (nSPS) is 21.1. The first-order chi connectivity index (χ1) is 8.56. The number of rotatable bonds is 4. The summed E-state index contributed by atoms with van der Waals surface area (Å²) >= 11 is -0.476. The zero-order valence-electron chi connectivity index (χ0n) is 11.0. The highest BCUT2D eigenvalue weighted by Crippen LogP contribution is 2.36. The Morgan fingerprint density at radius 3 is 3.06 bits per heavy atom. The van der Waals surface area contributed by atoms with Gasteiger partial charge in [0.15, 0.2) is 0 Å². The predicted octanol–water partition coefficient (Wildman–Crippen LogP) is 2.03. The molecule has 0 bridgehead atoms. The van der Waals surface area contributed by atoms with Crippen molar-refractivity contribution in [3.05, 3.63) is 12.3 Å². The molecule has 1 aliphatic heterocycles. The minimum atomic E-state index is -0.476. The lowest BCUT2D eigenvalue weighted by Gasteiger charge is -2.19. The monoisotopic (exact) mass is 269 g/mol. The summed E-state index contributed by atoms with van der Waals surface area (Å²) in [5.41, 5.74) is 0. The van der Waals surface area contributed by atoms with E-state index in [1.54, 1.807) is 6.07 Å². The van der Waals surface area contributed by atoms with Crippen LogP contribution in [-0.2, 0) is 4.79 Å². The Kier molecular flexibility index (Phi) is 4.06. The SMILES string of the molecule is CC(=O)Oc1ccn([SH]2CCN=C2CC(C)C)n1. The maximum atomic E-state index is 10.9. The van der Waals surface area contributed by atoms with Gasteiger partial charge < -0.3 is 4.74 Å². The zero-order chi connectivity index (χ0) is 13.1. The summed E-state index contributed by atoms with van der Waals surface area (Å²) in [6.45, 7) is 6.66. The van der Waals surface area contributed by atoms with Gasteiger partial charge in [0.1, 0.15) is 0 Å². The molecule has 0 N–H and O–H groups in total. The van der Waals surface area contributed by atoms with Crippen molar-refractivity contribution < 1.29 is 9.53 Å². The van der Waals surface area contributed by atoms with Gasteiger partial charge in [-0.05, 0) is 12.3 Å². The smallest absolute Gasteiger partial charge is 0.309 e. The molecule has 0 aromatic carbocycles. The van der Waals surface area contributed by atoms with Gasteiger partial charge in [0.05, 0.1) is 5.04 Å². The van der Waals surface area contributed by atoms with Gasteiger partial charge in [-0.2, -0.15) is 0 Å². The quantitative estimate of drug-likeness (QED) is 0.672. The van der Waals surface area contributed by atoms with Gasteiger partial charge in [-0.1, -0.05) is 13.8 Å². The summed E-state index contributed by atoms with van der Waals surface area (Å²) in [5, 5.41) is 5.57. The minimum Gasteiger partial charge on any atom is -0.406 e. The second-order valence-electron chi connectivity index (χ2n) is 4.69. The van der Waals surface area contributed by atoms with Gasteiger partial charge in [0, 0.05) is 31.5 Å². The number of aliphatic imine (C=N–C) groups is 1. The largest absolute Gasteiger partial charge is 0.406 e. The second-order valence-corrected chi connectivity index (χ2v) is 6.86. The molecule has 5 nitrogen and oxygen atoms in total. The van der Waals surface area contributed by atoms with Crippen LogP contribution in [0.1, 0.15) is 27.2 Å². The fourth-order valence-corrected chi connectivity index (χ4v) is 4.13. The van der Waals surface area contributed by atoms with Gasteiger partial charge in [0.2, 0.25) is 5.88 Å². The Morgan fingerprint density at radius 1 is 1.61 bits per heavy atom. The first kappa shape index (κ1) is 13.1. The first-order valence-corrected chi connectivity index (χ1v) is 7.59. The van der Waals surface area contributed by atoms with Crippen LogP contribution >= 0.6 is 11.1 Å². The molecule has 1 aromatic rings. The van der Waals surface area contributed by atoms with Crippen molar-refractivity contribution in [1.82, 2.24) is 9.19 Å². The molecule has 1 aliphatic rings. The molecule has 2 heterocycles. The molecule has 2 rings (SSSR count). The second kappa shape index (κ2) is 5.56. The molecule has 0 fully saturated rings. The van der Waals surface area contributed by atoms with Crippen molar-refractivity contribution in [3.63, 3.8) is 0 Å². The van der Waals surface area contributed by atoms with Gasteiger partial charge in [-0.3, -0.25) is 9.79 Å². The Hall–Kier alpha value is -1.30. The molecular weight excluding hydrogens is 250 g/mol. The predicted molar refractivity (Wildman–Crippen MR) is 74.5 cm³/mol. The van der Waals surface area contributed by atoms with Crippen LogP contribution in [0.25, 0.3) is 0 Å². The average Bonchev–Trinajstić information content (AvgIpc) is 2.85. The van der Waals surface area contributed by atoms with Crippen molar-refractivity contribution in [3.8, 4) is 5.88 Å². The summed E-state index contributed by atoms with van der Waals surface area (Å²) in [6.07, 6.45) is 2.90. The van der Waals surface area contributed by atoms with Crippen molar-refractivity contribution in [2.24, 2.45) is 10.9 Å². The number of hydrogen-bond donors (Lipinski definition) is 1.